The predicted molar refractivity (Wildman–Crippen MR) is 96.9 cm³/mol. The molecule has 0 radical (unpaired) electrons. The van der Waals surface area contributed by atoms with Gasteiger partial charge in [0.1, 0.15) is 0 Å². The SMILES string of the molecule is CNC(=O)c1ccc(/C=C/C(=O)NC(C)c2cccc(C(F)(F)F)c2)cc1. The Morgan fingerprint density at radius 1 is 1.07 bits per heavy atom. The van der Waals surface area contributed by atoms with Crippen molar-refractivity contribution in [3.05, 3.63) is 76.9 Å². The highest BCUT2D eigenvalue weighted by Crippen LogP contribution is 2.30. The number of halogens is 3. The first-order valence-corrected chi connectivity index (χ1v) is 8.18. The molecule has 0 aromatic heterocycles. The molecule has 0 spiro atoms. The number of nitrogens with one attached hydrogen (secondary N) is 2. The maximum atomic E-state index is 12.8. The molecule has 0 aliphatic carbocycles. The Balaban J connectivity index is 2.00. The van der Waals surface area contributed by atoms with Crippen LogP contribution in [0.2, 0.25) is 0 Å². The van der Waals surface area contributed by atoms with Crippen LogP contribution in [0, 0.1) is 0 Å². The molecule has 2 amide bonds. The lowest BCUT2D eigenvalue weighted by Crippen LogP contribution is -2.24. The summed E-state index contributed by atoms with van der Waals surface area (Å²) in [6, 6.07) is 10.9. The fraction of sp³-hybridized carbons (Fsp3) is 0.200. The minimum absolute atomic E-state index is 0.210. The maximum absolute atomic E-state index is 12.8. The zero-order valence-corrected chi connectivity index (χ0v) is 14.8. The zero-order chi connectivity index (χ0) is 20.0. The summed E-state index contributed by atoms with van der Waals surface area (Å²) >= 11 is 0. The van der Waals surface area contributed by atoms with Gasteiger partial charge >= 0.3 is 6.18 Å². The first kappa shape index (κ1) is 20.2. The second kappa shape index (κ2) is 8.53. The second-order valence-electron chi connectivity index (χ2n) is 5.89. The van der Waals surface area contributed by atoms with E-state index < -0.39 is 23.7 Å². The fourth-order valence-electron chi connectivity index (χ4n) is 2.39. The van der Waals surface area contributed by atoms with Gasteiger partial charge in [0.05, 0.1) is 11.6 Å². The molecule has 0 heterocycles. The second-order valence-corrected chi connectivity index (χ2v) is 5.89. The molecule has 0 saturated carbocycles. The highest BCUT2D eigenvalue weighted by Gasteiger charge is 2.30. The van der Waals surface area contributed by atoms with E-state index in [4.69, 9.17) is 0 Å². The van der Waals surface area contributed by atoms with Crippen molar-refractivity contribution in [2.24, 2.45) is 0 Å². The number of hydrogen-bond acceptors (Lipinski definition) is 2. The van der Waals surface area contributed by atoms with Crippen molar-refractivity contribution >= 4 is 17.9 Å². The Bertz CT molecular complexity index is 843. The van der Waals surface area contributed by atoms with Crippen LogP contribution in [-0.2, 0) is 11.0 Å². The molecule has 0 aliphatic rings. The average molecular weight is 376 g/mol. The van der Waals surface area contributed by atoms with E-state index in [9.17, 15) is 22.8 Å². The summed E-state index contributed by atoms with van der Waals surface area (Å²) in [7, 11) is 1.53. The molecule has 0 aliphatic heterocycles. The lowest BCUT2D eigenvalue weighted by Gasteiger charge is -2.15. The van der Waals surface area contributed by atoms with Crippen LogP contribution in [0.5, 0.6) is 0 Å². The third-order valence-electron chi connectivity index (χ3n) is 3.90. The van der Waals surface area contributed by atoms with Gasteiger partial charge in [-0.15, -0.1) is 0 Å². The minimum atomic E-state index is -4.43. The van der Waals surface area contributed by atoms with Crippen molar-refractivity contribution in [1.29, 1.82) is 0 Å². The van der Waals surface area contributed by atoms with Crippen molar-refractivity contribution in [2.75, 3.05) is 7.05 Å². The zero-order valence-electron chi connectivity index (χ0n) is 14.8. The molecule has 27 heavy (non-hydrogen) atoms. The summed E-state index contributed by atoms with van der Waals surface area (Å²) < 4.78 is 38.3. The van der Waals surface area contributed by atoms with Gasteiger partial charge in [-0.05, 0) is 48.4 Å². The third-order valence-corrected chi connectivity index (χ3v) is 3.90. The van der Waals surface area contributed by atoms with Crippen molar-refractivity contribution in [3.63, 3.8) is 0 Å². The number of amides is 2. The predicted octanol–water partition coefficient (Wildman–Crippen LogP) is 3.96. The normalized spacial score (nSPS) is 12.6. The summed E-state index contributed by atoms with van der Waals surface area (Å²) in [6.45, 7) is 1.61. The Kier molecular flexibility index (Phi) is 6.39. The summed E-state index contributed by atoms with van der Waals surface area (Å²) in [5, 5.41) is 5.14. The van der Waals surface area contributed by atoms with E-state index in [1.807, 2.05) is 0 Å². The van der Waals surface area contributed by atoms with Gasteiger partial charge in [0.2, 0.25) is 5.91 Å². The van der Waals surface area contributed by atoms with Gasteiger partial charge < -0.3 is 10.6 Å². The molecule has 2 rings (SSSR count). The molecule has 2 N–H and O–H groups in total. The largest absolute Gasteiger partial charge is 0.416 e. The maximum Gasteiger partial charge on any atom is 0.416 e. The van der Waals surface area contributed by atoms with Crippen LogP contribution in [0.15, 0.2) is 54.6 Å². The molecule has 0 fully saturated rings. The Hall–Kier alpha value is -3.09. The van der Waals surface area contributed by atoms with Gasteiger partial charge in [0, 0.05) is 18.7 Å². The van der Waals surface area contributed by atoms with Gasteiger partial charge in [0.15, 0.2) is 0 Å². The van der Waals surface area contributed by atoms with Crippen molar-refractivity contribution < 1.29 is 22.8 Å². The summed E-state index contributed by atoms with van der Waals surface area (Å²) in [5.74, 6) is -0.645. The Morgan fingerprint density at radius 3 is 2.33 bits per heavy atom. The minimum Gasteiger partial charge on any atom is -0.355 e. The van der Waals surface area contributed by atoms with Gasteiger partial charge in [-0.2, -0.15) is 13.2 Å². The van der Waals surface area contributed by atoms with E-state index in [0.717, 1.165) is 12.1 Å². The van der Waals surface area contributed by atoms with E-state index in [1.54, 1.807) is 37.3 Å². The molecular weight excluding hydrogens is 357 g/mol. The molecule has 0 saturated heterocycles. The quantitative estimate of drug-likeness (QED) is 0.776. The molecular formula is C20H19F3N2O2. The van der Waals surface area contributed by atoms with Crippen LogP contribution in [0.1, 0.15) is 40.0 Å². The standard InChI is InChI=1S/C20H19F3N2O2/c1-13(16-4-3-5-17(12-16)20(21,22)23)25-18(26)11-8-14-6-9-15(10-7-14)19(27)24-2/h3-13H,1-2H3,(H,24,27)(H,25,26)/b11-8+. The Morgan fingerprint density at radius 2 is 1.74 bits per heavy atom. The molecule has 2 aromatic carbocycles. The molecule has 142 valence electrons. The van der Waals surface area contributed by atoms with E-state index in [2.05, 4.69) is 10.6 Å². The van der Waals surface area contributed by atoms with Gasteiger partial charge in [-0.3, -0.25) is 9.59 Å². The van der Waals surface area contributed by atoms with Gasteiger partial charge in [-0.25, -0.2) is 0 Å². The lowest BCUT2D eigenvalue weighted by atomic mass is 10.0. The summed E-state index contributed by atoms with van der Waals surface area (Å²) in [4.78, 5) is 23.5. The number of carbonyl (C=O) groups excluding carboxylic acids is 2. The third kappa shape index (κ3) is 5.70. The first-order valence-electron chi connectivity index (χ1n) is 8.18. The van der Waals surface area contributed by atoms with Crippen LogP contribution in [0.25, 0.3) is 6.08 Å². The summed E-state index contributed by atoms with van der Waals surface area (Å²) in [5.41, 5.74) is 0.816. The number of rotatable bonds is 5. The van der Waals surface area contributed by atoms with Crippen molar-refractivity contribution in [3.8, 4) is 0 Å². The molecule has 1 atom stereocenters. The van der Waals surface area contributed by atoms with Crippen LogP contribution < -0.4 is 10.6 Å². The highest BCUT2D eigenvalue weighted by molar-refractivity contribution is 5.94. The Labute approximate surface area is 155 Å². The van der Waals surface area contributed by atoms with Crippen molar-refractivity contribution in [1.82, 2.24) is 10.6 Å². The number of alkyl halides is 3. The van der Waals surface area contributed by atoms with Crippen LogP contribution in [0.4, 0.5) is 13.2 Å². The highest BCUT2D eigenvalue weighted by atomic mass is 19.4. The van der Waals surface area contributed by atoms with Crippen molar-refractivity contribution in [2.45, 2.75) is 19.1 Å². The molecule has 7 heteroatoms. The van der Waals surface area contributed by atoms with Crippen LogP contribution >= 0.6 is 0 Å². The fourth-order valence-corrected chi connectivity index (χ4v) is 2.39. The number of hydrogen-bond donors (Lipinski definition) is 2. The van der Waals surface area contributed by atoms with E-state index in [-0.39, 0.29) is 5.91 Å². The van der Waals surface area contributed by atoms with Gasteiger partial charge in [-0.1, -0.05) is 24.3 Å². The lowest BCUT2D eigenvalue weighted by molar-refractivity contribution is -0.137. The van der Waals surface area contributed by atoms with Gasteiger partial charge in [0.25, 0.3) is 5.91 Å². The van der Waals surface area contributed by atoms with Crippen LogP contribution in [-0.4, -0.2) is 18.9 Å². The average Bonchev–Trinajstić information content (AvgIpc) is 2.65. The first-order chi connectivity index (χ1) is 12.7. The smallest absolute Gasteiger partial charge is 0.355 e. The van der Waals surface area contributed by atoms with E-state index in [1.165, 1.54) is 25.3 Å². The number of benzene rings is 2. The topological polar surface area (TPSA) is 58.2 Å². The van der Waals surface area contributed by atoms with Crippen LogP contribution in [0.3, 0.4) is 0 Å². The molecule has 0 bridgehead atoms. The number of carbonyl (C=O) groups is 2. The monoisotopic (exact) mass is 376 g/mol. The van der Waals surface area contributed by atoms with E-state index in [0.29, 0.717) is 16.7 Å². The summed E-state index contributed by atoms with van der Waals surface area (Å²) in [6.07, 6.45) is -1.58. The van der Waals surface area contributed by atoms with E-state index >= 15 is 0 Å². The molecule has 2 aromatic rings. The molecule has 4 nitrogen and oxygen atoms in total. The molecule has 1 unspecified atom stereocenters.